The number of hydrogen-bond donors (Lipinski definition) is 1. The third kappa shape index (κ3) is 3.89. The lowest BCUT2D eigenvalue weighted by atomic mass is 10.1. The zero-order chi connectivity index (χ0) is 13.7. The number of nitrogens with one attached hydrogen (secondary N) is 1. The van der Waals surface area contributed by atoms with Crippen molar-refractivity contribution in [2.24, 2.45) is 0 Å². The topological polar surface area (TPSA) is 43.0 Å². The van der Waals surface area contributed by atoms with E-state index in [0.29, 0.717) is 12.4 Å². The molecule has 0 aliphatic heterocycles. The summed E-state index contributed by atoms with van der Waals surface area (Å²) in [6.45, 7) is -0.201. The van der Waals surface area contributed by atoms with Crippen LogP contribution in [-0.4, -0.2) is 15.6 Å². The number of rotatable bonds is 7. The Morgan fingerprint density at radius 1 is 1.47 bits per heavy atom. The molecule has 2 aromatic heterocycles. The second-order valence-electron chi connectivity index (χ2n) is 4.43. The minimum Gasteiger partial charge on any atom is -0.469 e. The van der Waals surface area contributed by atoms with Crippen LogP contribution in [0.25, 0.3) is 0 Å². The molecule has 1 atom stereocenters. The fourth-order valence-corrected chi connectivity index (χ4v) is 1.84. The highest BCUT2D eigenvalue weighted by atomic mass is 19.3. The molecule has 0 radical (unpaired) electrons. The van der Waals surface area contributed by atoms with E-state index in [1.54, 1.807) is 6.26 Å². The Labute approximate surface area is 110 Å². The predicted octanol–water partition coefficient (Wildman–Crippen LogP) is 2.98. The number of aromatic nitrogens is 2. The van der Waals surface area contributed by atoms with E-state index >= 15 is 0 Å². The van der Waals surface area contributed by atoms with Crippen molar-refractivity contribution in [3.63, 3.8) is 0 Å². The highest BCUT2D eigenvalue weighted by Gasteiger charge is 2.12. The quantitative estimate of drug-likeness (QED) is 0.840. The molecule has 2 aromatic rings. The van der Waals surface area contributed by atoms with Gasteiger partial charge in [-0.05, 0) is 25.5 Å². The normalized spacial score (nSPS) is 13.1. The Hall–Kier alpha value is -1.69. The SMILES string of the molecule is CC(CCc1ccco1)NCc1nccn1C(F)F. The molecule has 0 aromatic carbocycles. The molecule has 104 valence electrons. The van der Waals surface area contributed by atoms with Crippen LogP contribution in [0.15, 0.2) is 35.2 Å². The van der Waals surface area contributed by atoms with Gasteiger partial charge in [0, 0.05) is 24.9 Å². The Balaban J connectivity index is 1.76. The molecule has 0 fully saturated rings. The first-order valence-electron chi connectivity index (χ1n) is 6.22. The number of nitrogens with zero attached hydrogens (tertiary/aromatic N) is 2. The first-order chi connectivity index (χ1) is 9.16. The van der Waals surface area contributed by atoms with Crippen molar-refractivity contribution < 1.29 is 13.2 Å². The van der Waals surface area contributed by atoms with Crippen LogP contribution >= 0.6 is 0 Å². The van der Waals surface area contributed by atoms with Crippen LogP contribution in [0.3, 0.4) is 0 Å². The number of hydrogen-bond acceptors (Lipinski definition) is 3. The van der Waals surface area contributed by atoms with E-state index in [1.165, 1.54) is 12.4 Å². The monoisotopic (exact) mass is 269 g/mol. The Morgan fingerprint density at radius 3 is 3.00 bits per heavy atom. The van der Waals surface area contributed by atoms with Crippen LogP contribution in [0.5, 0.6) is 0 Å². The molecule has 0 aliphatic carbocycles. The molecule has 0 amide bonds. The summed E-state index contributed by atoms with van der Waals surface area (Å²) in [6, 6.07) is 3.98. The van der Waals surface area contributed by atoms with Crippen molar-refractivity contribution in [1.29, 1.82) is 0 Å². The number of alkyl halides is 2. The second-order valence-corrected chi connectivity index (χ2v) is 4.43. The smallest absolute Gasteiger partial charge is 0.319 e. The van der Waals surface area contributed by atoms with Crippen LogP contribution < -0.4 is 5.32 Å². The second kappa shape index (κ2) is 6.47. The number of imidazole rings is 1. The van der Waals surface area contributed by atoms with E-state index < -0.39 is 6.55 Å². The van der Waals surface area contributed by atoms with Gasteiger partial charge in [-0.3, -0.25) is 4.57 Å². The molecule has 2 heterocycles. The van der Waals surface area contributed by atoms with Crippen LogP contribution in [0.4, 0.5) is 8.78 Å². The molecule has 0 saturated carbocycles. The standard InChI is InChI=1S/C13H17F2N3O/c1-10(4-5-11-3-2-8-19-11)17-9-12-16-6-7-18(12)13(14)15/h2-3,6-8,10,13,17H,4-5,9H2,1H3. The van der Waals surface area contributed by atoms with Gasteiger partial charge < -0.3 is 9.73 Å². The molecule has 0 spiro atoms. The average Bonchev–Trinajstić information content (AvgIpc) is 3.04. The molecule has 0 saturated heterocycles. The van der Waals surface area contributed by atoms with Gasteiger partial charge in [-0.15, -0.1) is 0 Å². The molecular formula is C13H17F2N3O. The largest absolute Gasteiger partial charge is 0.469 e. The van der Waals surface area contributed by atoms with E-state index in [0.717, 1.165) is 23.2 Å². The fourth-order valence-electron chi connectivity index (χ4n) is 1.84. The van der Waals surface area contributed by atoms with Gasteiger partial charge in [0.15, 0.2) is 0 Å². The van der Waals surface area contributed by atoms with Crippen LogP contribution in [0.2, 0.25) is 0 Å². The third-order valence-electron chi connectivity index (χ3n) is 2.97. The summed E-state index contributed by atoms with van der Waals surface area (Å²) in [5, 5.41) is 3.18. The number of furan rings is 1. The van der Waals surface area contributed by atoms with Gasteiger partial charge in [0.25, 0.3) is 0 Å². The zero-order valence-corrected chi connectivity index (χ0v) is 10.7. The molecule has 6 heteroatoms. The van der Waals surface area contributed by atoms with E-state index in [4.69, 9.17) is 4.42 Å². The van der Waals surface area contributed by atoms with Crippen molar-refractivity contribution in [1.82, 2.24) is 14.9 Å². The lowest BCUT2D eigenvalue weighted by molar-refractivity contribution is 0.0665. The minimum atomic E-state index is -2.54. The van der Waals surface area contributed by atoms with Crippen molar-refractivity contribution in [2.75, 3.05) is 0 Å². The van der Waals surface area contributed by atoms with Crippen LogP contribution in [0.1, 0.15) is 31.5 Å². The van der Waals surface area contributed by atoms with Gasteiger partial charge in [-0.25, -0.2) is 4.98 Å². The average molecular weight is 269 g/mol. The number of aryl methyl sites for hydroxylation is 1. The zero-order valence-electron chi connectivity index (χ0n) is 10.7. The Morgan fingerprint density at radius 2 is 2.32 bits per heavy atom. The van der Waals surface area contributed by atoms with Gasteiger partial charge in [-0.1, -0.05) is 0 Å². The van der Waals surface area contributed by atoms with E-state index in [9.17, 15) is 8.78 Å². The predicted molar refractivity (Wildman–Crippen MR) is 66.8 cm³/mol. The molecular weight excluding hydrogens is 252 g/mol. The first kappa shape index (κ1) is 13.7. The highest BCUT2D eigenvalue weighted by Crippen LogP contribution is 2.12. The van der Waals surface area contributed by atoms with Gasteiger partial charge >= 0.3 is 6.55 Å². The minimum absolute atomic E-state index is 0.202. The van der Waals surface area contributed by atoms with Crippen LogP contribution in [-0.2, 0) is 13.0 Å². The Bertz CT molecular complexity index is 482. The molecule has 2 rings (SSSR count). The number of halogens is 2. The van der Waals surface area contributed by atoms with Gasteiger partial charge in [0.2, 0.25) is 0 Å². The molecule has 4 nitrogen and oxygen atoms in total. The molecule has 0 bridgehead atoms. The summed E-state index contributed by atoms with van der Waals surface area (Å²) < 4.78 is 31.3. The maximum Gasteiger partial charge on any atom is 0.319 e. The van der Waals surface area contributed by atoms with Crippen LogP contribution in [0, 0.1) is 0 Å². The summed E-state index contributed by atoms with van der Waals surface area (Å²) in [6.07, 6.45) is 6.02. The highest BCUT2D eigenvalue weighted by molar-refractivity contribution is 4.98. The maximum atomic E-state index is 12.6. The van der Waals surface area contributed by atoms with E-state index in [1.807, 2.05) is 19.1 Å². The third-order valence-corrected chi connectivity index (χ3v) is 2.97. The molecule has 0 aliphatic rings. The van der Waals surface area contributed by atoms with Crippen molar-refractivity contribution in [3.05, 3.63) is 42.4 Å². The van der Waals surface area contributed by atoms with E-state index in [2.05, 4.69) is 10.3 Å². The molecule has 19 heavy (non-hydrogen) atoms. The van der Waals surface area contributed by atoms with Gasteiger partial charge in [-0.2, -0.15) is 8.78 Å². The molecule has 1 N–H and O–H groups in total. The lowest BCUT2D eigenvalue weighted by Crippen LogP contribution is -2.27. The lowest BCUT2D eigenvalue weighted by Gasteiger charge is -2.13. The fraction of sp³-hybridized carbons (Fsp3) is 0.462. The summed E-state index contributed by atoms with van der Waals surface area (Å²) in [5.74, 6) is 1.28. The van der Waals surface area contributed by atoms with Crippen molar-refractivity contribution >= 4 is 0 Å². The maximum absolute atomic E-state index is 12.6. The summed E-state index contributed by atoms with van der Waals surface area (Å²) in [5.41, 5.74) is 0. The van der Waals surface area contributed by atoms with Gasteiger partial charge in [0.05, 0.1) is 12.8 Å². The first-order valence-corrected chi connectivity index (χ1v) is 6.22. The Kier molecular flexibility index (Phi) is 4.68. The van der Waals surface area contributed by atoms with E-state index in [-0.39, 0.29) is 6.04 Å². The summed E-state index contributed by atoms with van der Waals surface area (Å²) >= 11 is 0. The summed E-state index contributed by atoms with van der Waals surface area (Å²) in [4.78, 5) is 3.92. The molecule has 1 unspecified atom stereocenters. The van der Waals surface area contributed by atoms with Crippen molar-refractivity contribution in [2.45, 2.75) is 38.9 Å². The van der Waals surface area contributed by atoms with Crippen molar-refractivity contribution in [3.8, 4) is 0 Å². The van der Waals surface area contributed by atoms with Gasteiger partial charge in [0.1, 0.15) is 11.6 Å². The summed E-state index contributed by atoms with van der Waals surface area (Å²) in [7, 11) is 0.